The molecule has 0 saturated carbocycles. The predicted octanol–water partition coefficient (Wildman–Crippen LogP) is 7.23. The van der Waals surface area contributed by atoms with Gasteiger partial charge in [-0.1, -0.05) is 104 Å². The summed E-state index contributed by atoms with van der Waals surface area (Å²) in [6.45, 7) is 12.3. The van der Waals surface area contributed by atoms with Crippen molar-refractivity contribution in [1.29, 1.82) is 0 Å². The van der Waals surface area contributed by atoms with Gasteiger partial charge in [0.1, 0.15) is 0 Å². The molecule has 0 bridgehead atoms. The van der Waals surface area contributed by atoms with Crippen LogP contribution in [0.25, 0.3) is 0 Å². The van der Waals surface area contributed by atoms with Gasteiger partial charge in [0.25, 0.3) is 0 Å². The Morgan fingerprint density at radius 1 is 0.500 bits per heavy atom. The van der Waals surface area contributed by atoms with Crippen LogP contribution in [0.5, 0.6) is 0 Å². The summed E-state index contributed by atoms with van der Waals surface area (Å²) in [5.41, 5.74) is 0. The van der Waals surface area contributed by atoms with Crippen LogP contribution in [0.4, 0.5) is 0 Å². The molecule has 2 heteroatoms. The summed E-state index contributed by atoms with van der Waals surface area (Å²) in [4.78, 5) is 5.45. The molecule has 0 aliphatic carbocycles. The molecule has 156 valence electrons. The number of nitrogens with zero attached hydrogens (tertiary/aromatic N) is 2. The highest BCUT2D eigenvalue weighted by atomic mass is 15.4. The smallest absolute Gasteiger partial charge is 0.0594 e. The normalized spacial score (nSPS) is 16.7. The van der Waals surface area contributed by atoms with Crippen LogP contribution in [-0.2, 0) is 0 Å². The van der Waals surface area contributed by atoms with Crippen LogP contribution in [0.1, 0.15) is 124 Å². The molecule has 0 aromatic heterocycles. The molecule has 1 saturated heterocycles. The molecule has 0 unspecified atom stereocenters. The summed E-state index contributed by atoms with van der Waals surface area (Å²) >= 11 is 0. The molecular weight excluding hydrogens is 316 g/mol. The Balaban J connectivity index is 1.93. The van der Waals surface area contributed by atoms with Gasteiger partial charge in [0.05, 0.1) is 6.17 Å². The van der Waals surface area contributed by atoms with E-state index < -0.39 is 0 Å². The predicted molar refractivity (Wildman–Crippen MR) is 118 cm³/mol. The van der Waals surface area contributed by atoms with E-state index in [2.05, 4.69) is 30.6 Å². The van der Waals surface area contributed by atoms with E-state index in [1.807, 2.05) is 0 Å². The summed E-state index contributed by atoms with van der Waals surface area (Å²) in [7, 11) is 0. The third kappa shape index (κ3) is 11.6. The second-order valence-electron chi connectivity index (χ2n) is 8.65. The third-order valence-corrected chi connectivity index (χ3v) is 6.33. The van der Waals surface area contributed by atoms with Gasteiger partial charge in [0.15, 0.2) is 0 Å². The van der Waals surface area contributed by atoms with Crippen molar-refractivity contribution in [3.05, 3.63) is 0 Å². The molecule has 1 fully saturated rings. The van der Waals surface area contributed by atoms with E-state index in [9.17, 15) is 0 Å². The van der Waals surface area contributed by atoms with Gasteiger partial charge in [-0.25, -0.2) is 0 Å². The molecule has 0 spiro atoms. The van der Waals surface area contributed by atoms with Crippen molar-refractivity contribution in [2.24, 2.45) is 0 Å². The summed E-state index contributed by atoms with van der Waals surface area (Å²) in [5, 5.41) is 0. The highest BCUT2D eigenvalue weighted by Crippen LogP contribution is 2.17. The third-order valence-electron chi connectivity index (χ3n) is 6.33. The molecule has 26 heavy (non-hydrogen) atoms. The average Bonchev–Trinajstić information content (AvgIpc) is 2.99. The Bertz CT molecular complexity index is 264. The maximum absolute atomic E-state index is 2.72. The maximum atomic E-state index is 2.72. The second-order valence-corrected chi connectivity index (χ2v) is 8.65. The van der Waals surface area contributed by atoms with Gasteiger partial charge in [0.2, 0.25) is 0 Å². The fourth-order valence-corrected chi connectivity index (χ4v) is 4.36. The Morgan fingerprint density at radius 2 is 0.808 bits per heavy atom. The Morgan fingerprint density at radius 3 is 1.15 bits per heavy atom. The molecule has 0 aromatic carbocycles. The zero-order valence-corrected chi connectivity index (χ0v) is 18.6. The molecule has 1 aliphatic rings. The van der Waals surface area contributed by atoms with Gasteiger partial charge in [-0.3, -0.25) is 9.80 Å². The summed E-state index contributed by atoms with van der Waals surface area (Å²) in [6, 6.07) is 0. The minimum absolute atomic E-state index is 0.684. The van der Waals surface area contributed by atoms with Crippen LogP contribution in [0.15, 0.2) is 0 Å². The minimum Gasteiger partial charge on any atom is -0.287 e. The molecule has 0 aromatic rings. The van der Waals surface area contributed by atoms with Gasteiger partial charge in [-0.05, 0) is 32.9 Å². The zero-order chi connectivity index (χ0) is 18.9. The fourth-order valence-electron chi connectivity index (χ4n) is 4.36. The molecule has 0 radical (unpaired) electrons. The molecule has 0 atom stereocenters. The van der Waals surface area contributed by atoms with Crippen LogP contribution in [-0.4, -0.2) is 42.1 Å². The summed E-state index contributed by atoms with van der Waals surface area (Å²) in [6.07, 6.45) is 23.6. The molecule has 1 heterocycles. The lowest BCUT2D eigenvalue weighted by atomic mass is 10.1. The monoisotopic (exact) mass is 366 g/mol. The molecule has 1 aliphatic heterocycles. The van der Waals surface area contributed by atoms with Crippen molar-refractivity contribution in [3.8, 4) is 0 Å². The van der Waals surface area contributed by atoms with Gasteiger partial charge in [-0.2, -0.15) is 0 Å². The first kappa shape index (κ1) is 24.0. The number of unbranched alkanes of at least 4 members (excludes halogenated alkanes) is 14. The molecular formula is C24H50N2. The first-order chi connectivity index (χ1) is 12.8. The second kappa shape index (κ2) is 17.0. The van der Waals surface area contributed by atoms with E-state index >= 15 is 0 Å². The van der Waals surface area contributed by atoms with Crippen LogP contribution >= 0.6 is 0 Å². The van der Waals surface area contributed by atoms with E-state index in [1.54, 1.807) is 0 Å². The fraction of sp³-hybridized carbons (Fsp3) is 1.00. The first-order valence-electron chi connectivity index (χ1n) is 12.3. The summed E-state index contributed by atoms with van der Waals surface area (Å²) < 4.78 is 0. The van der Waals surface area contributed by atoms with Crippen molar-refractivity contribution < 1.29 is 0 Å². The quantitative estimate of drug-likeness (QED) is 0.236. The standard InChI is InChI=1S/C24H50N2/c1-4-6-8-10-12-14-16-18-20-25-22-23-26(24(25)3)21-19-17-15-13-11-9-7-5-2/h24H,4-23H2,1-3H3. The largest absolute Gasteiger partial charge is 0.287 e. The van der Waals surface area contributed by atoms with Crippen LogP contribution in [0.3, 0.4) is 0 Å². The molecule has 0 N–H and O–H groups in total. The van der Waals surface area contributed by atoms with E-state index in [-0.39, 0.29) is 0 Å². The van der Waals surface area contributed by atoms with Crippen molar-refractivity contribution in [1.82, 2.24) is 9.80 Å². The SMILES string of the molecule is CCCCCCCCCCN1CCN(CCCCCCCCCC)C1C. The molecule has 1 rings (SSSR count). The Hall–Kier alpha value is -0.0800. The average molecular weight is 367 g/mol. The van der Waals surface area contributed by atoms with E-state index in [4.69, 9.17) is 0 Å². The number of rotatable bonds is 18. The zero-order valence-electron chi connectivity index (χ0n) is 18.6. The summed E-state index contributed by atoms with van der Waals surface area (Å²) in [5.74, 6) is 0. The van der Waals surface area contributed by atoms with Gasteiger partial charge >= 0.3 is 0 Å². The van der Waals surface area contributed by atoms with Crippen molar-refractivity contribution in [2.75, 3.05) is 26.2 Å². The van der Waals surface area contributed by atoms with Crippen molar-refractivity contribution in [3.63, 3.8) is 0 Å². The molecule has 0 amide bonds. The molecule has 2 nitrogen and oxygen atoms in total. The lowest BCUT2D eigenvalue weighted by molar-refractivity contribution is 0.149. The van der Waals surface area contributed by atoms with E-state index in [1.165, 1.54) is 129 Å². The number of hydrogen-bond donors (Lipinski definition) is 0. The minimum atomic E-state index is 0.684. The van der Waals surface area contributed by atoms with Crippen LogP contribution < -0.4 is 0 Å². The van der Waals surface area contributed by atoms with Gasteiger partial charge in [0, 0.05) is 13.1 Å². The lowest BCUT2D eigenvalue weighted by Gasteiger charge is -2.27. The first-order valence-corrected chi connectivity index (χ1v) is 12.3. The number of hydrogen-bond acceptors (Lipinski definition) is 2. The van der Waals surface area contributed by atoms with Crippen LogP contribution in [0, 0.1) is 0 Å². The van der Waals surface area contributed by atoms with Gasteiger partial charge < -0.3 is 0 Å². The Labute approximate surface area is 166 Å². The van der Waals surface area contributed by atoms with Crippen LogP contribution in [0.2, 0.25) is 0 Å². The topological polar surface area (TPSA) is 6.48 Å². The van der Waals surface area contributed by atoms with Crippen molar-refractivity contribution >= 4 is 0 Å². The van der Waals surface area contributed by atoms with Gasteiger partial charge in [-0.15, -0.1) is 0 Å². The highest BCUT2D eigenvalue weighted by Gasteiger charge is 2.26. The van der Waals surface area contributed by atoms with Crippen molar-refractivity contribution in [2.45, 2.75) is 130 Å². The lowest BCUT2D eigenvalue weighted by Crippen LogP contribution is -2.37. The Kier molecular flexibility index (Phi) is 15.7. The highest BCUT2D eigenvalue weighted by molar-refractivity contribution is 4.78. The van der Waals surface area contributed by atoms with E-state index in [0.717, 1.165) is 0 Å². The van der Waals surface area contributed by atoms with E-state index in [0.29, 0.717) is 6.17 Å². The maximum Gasteiger partial charge on any atom is 0.0594 e.